The van der Waals surface area contributed by atoms with Crippen LogP contribution in [0.3, 0.4) is 0 Å². The predicted molar refractivity (Wildman–Crippen MR) is 106 cm³/mol. The second kappa shape index (κ2) is 7.84. The highest BCUT2D eigenvalue weighted by atomic mass is 35.5. The second-order valence-electron chi connectivity index (χ2n) is 6.57. The number of hydrogen-bond acceptors (Lipinski definition) is 5. The summed E-state index contributed by atoms with van der Waals surface area (Å²) in [7, 11) is -2.40. The van der Waals surface area contributed by atoms with Crippen molar-refractivity contribution in [1.29, 1.82) is 0 Å². The normalized spacial score (nSPS) is 17.5. The number of aromatic hydroxyl groups is 1. The molecule has 1 heterocycles. The van der Waals surface area contributed by atoms with Gasteiger partial charge in [-0.15, -0.1) is 0 Å². The standard InChI is InChI=1S/C18H21ClN4O4S/c1-11(17-20-9-10-23(17)2)28(26,27)16-13(19)7-8-14(15(16)24)22-18(25)21-12-5-3-4-6-12/h3,5,7-12,24H,4,6H2,1-2H3,(H2,21,22,25). The van der Waals surface area contributed by atoms with Crippen molar-refractivity contribution in [3.8, 4) is 5.75 Å². The molecule has 8 nitrogen and oxygen atoms in total. The van der Waals surface area contributed by atoms with Crippen LogP contribution in [0.15, 0.2) is 41.6 Å². The van der Waals surface area contributed by atoms with Gasteiger partial charge in [0, 0.05) is 25.5 Å². The number of nitrogens with one attached hydrogen (secondary N) is 2. The van der Waals surface area contributed by atoms with E-state index in [1.807, 2.05) is 12.2 Å². The number of carbonyl (C=O) groups excluding carboxylic acids is 1. The first-order chi connectivity index (χ1) is 13.2. The third-order valence-electron chi connectivity index (χ3n) is 4.63. The minimum absolute atomic E-state index is 0.0468. The first-order valence-corrected chi connectivity index (χ1v) is 10.6. The molecule has 0 aliphatic heterocycles. The molecule has 0 saturated carbocycles. The summed E-state index contributed by atoms with van der Waals surface area (Å²) >= 11 is 6.10. The van der Waals surface area contributed by atoms with Crippen LogP contribution in [0.1, 0.15) is 30.8 Å². The molecular formula is C18H21ClN4O4S. The third-order valence-corrected chi connectivity index (χ3v) is 7.18. The number of anilines is 1. The minimum Gasteiger partial charge on any atom is -0.504 e. The van der Waals surface area contributed by atoms with Gasteiger partial charge in [0.2, 0.25) is 0 Å². The third kappa shape index (κ3) is 3.85. The van der Waals surface area contributed by atoms with E-state index in [0.29, 0.717) is 5.82 Å². The Morgan fingerprint density at radius 3 is 2.79 bits per heavy atom. The van der Waals surface area contributed by atoms with Crippen LogP contribution >= 0.6 is 11.6 Å². The first kappa shape index (κ1) is 20.2. The molecular weight excluding hydrogens is 404 g/mol. The highest BCUT2D eigenvalue weighted by molar-refractivity contribution is 7.91. The number of amides is 2. The number of imidazole rings is 1. The van der Waals surface area contributed by atoms with Gasteiger partial charge in [0.25, 0.3) is 0 Å². The number of halogens is 1. The number of allylic oxidation sites excluding steroid dienone is 1. The number of sulfone groups is 1. The number of rotatable bonds is 5. The van der Waals surface area contributed by atoms with Gasteiger partial charge in [-0.1, -0.05) is 23.8 Å². The van der Waals surface area contributed by atoms with Crippen LogP contribution in [0.2, 0.25) is 5.02 Å². The van der Waals surface area contributed by atoms with Gasteiger partial charge >= 0.3 is 6.03 Å². The van der Waals surface area contributed by atoms with Gasteiger partial charge in [0.05, 0.1) is 10.7 Å². The van der Waals surface area contributed by atoms with Gasteiger partial charge in [-0.3, -0.25) is 0 Å². The summed E-state index contributed by atoms with van der Waals surface area (Å²) in [6.07, 6.45) is 8.64. The molecule has 2 aromatic rings. The van der Waals surface area contributed by atoms with Gasteiger partial charge in [0.1, 0.15) is 16.0 Å². The molecule has 10 heteroatoms. The molecule has 3 rings (SSSR count). The zero-order valence-corrected chi connectivity index (χ0v) is 17.0. The van der Waals surface area contributed by atoms with Crippen molar-refractivity contribution in [2.24, 2.45) is 7.05 Å². The minimum atomic E-state index is -4.07. The van der Waals surface area contributed by atoms with Crippen LogP contribution in [-0.4, -0.2) is 35.1 Å². The summed E-state index contributed by atoms with van der Waals surface area (Å²) in [5.74, 6) is -0.301. The van der Waals surface area contributed by atoms with E-state index < -0.39 is 31.8 Å². The Hall–Kier alpha value is -2.52. The SMILES string of the molecule is CC(c1nccn1C)S(=O)(=O)c1c(Cl)ccc(NC(=O)NC2C=CCC2)c1O. The van der Waals surface area contributed by atoms with Crippen molar-refractivity contribution in [3.05, 3.63) is 47.5 Å². The fourth-order valence-electron chi connectivity index (χ4n) is 3.08. The van der Waals surface area contributed by atoms with E-state index in [0.717, 1.165) is 12.8 Å². The molecule has 2 unspecified atom stereocenters. The lowest BCUT2D eigenvalue weighted by Crippen LogP contribution is -2.35. The molecule has 2 atom stereocenters. The maximum absolute atomic E-state index is 13.1. The zero-order chi connectivity index (χ0) is 20.5. The van der Waals surface area contributed by atoms with Crippen molar-refractivity contribution in [2.45, 2.75) is 36.0 Å². The number of carbonyl (C=O) groups is 1. The molecule has 0 saturated heterocycles. The van der Waals surface area contributed by atoms with Gasteiger partial charge in [0.15, 0.2) is 15.6 Å². The fourth-order valence-corrected chi connectivity index (χ4v) is 5.13. The number of hydrogen-bond donors (Lipinski definition) is 3. The maximum atomic E-state index is 13.1. The Morgan fingerprint density at radius 2 is 2.18 bits per heavy atom. The molecule has 0 radical (unpaired) electrons. The summed E-state index contributed by atoms with van der Waals surface area (Å²) in [5, 5.41) is 14.6. The summed E-state index contributed by atoms with van der Waals surface area (Å²) in [6, 6.07) is 2.03. The van der Waals surface area contributed by atoms with Crippen LogP contribution in [-0.2, 0) is 16.9 Å². The van der Waals surface area contributed by atoms with E-state index in [1.54, 1.807) is 17.8 Å². The predicted octanol–water partition coefficient (Wildman–Crippen LogP) is 3.15. The van der Waals surface area contributed by atoms with Gasteiger partial charge in [-0.2, -0.15) is 0 Å². The van der Waals surface area contributed by atoms with E-state index >= 15 is 0 Å². The molecule has 1 aliphatic rings. The number of aryl methyl sites for hydroxylation is 1. The molecule has 3 N–H and O–H groups in total. The highest BCUT2D eigenvalue weighted by Crippen LogP contribution is 2.41. The second-order valence-corrected chi connectivity index (χ2v) is 9.18. The van der Waals surface area contributed by atoms with Crippen LogP contribution in [0.5, 0.6) is 5.75 Å². The van der Waals surface area contributed by atoms with E-state index in [-0.39, 0.29) is 16.8 Å². The lowest BCUT2D eigenvalue weighted by atomic mass is 10.2. The number of urea groups is 1. The largest absolute Gasteiger partial charge is 0.504 e. The Morgan fingerprint density at radius 1 is 1.43 bits per heavy atom. The topological polar surface area (TPSA) is 113 Å². The zero-order valence-electron chi connectivity index (χ0n) is 15.4. The van der Waals surface area contributed by atoms with Crippen LogP contribution in [0, 0.1) is 0 Å². The van der Waals surface area contributed by atoms with Crippen molar-refractivity contribution < 1.29 is 18.3 Å². The van der Waals surface area contributed by atoms with Crippen molar-refractivity contribution in [1.82, 2.24) is 14.9 Å². The van der Waals surface area contributed by atoms with E-state index in [2.05, 4.69) is 15.6 Å². The Labute approximate surface area is 168 Å². The average Bonchev–Trinajstić information content (AvgIpc) is 3.28. The van der Waals surface area contributed by atoms with E-state index in [9.17, 15) is 18.3 Å². The molecule has 0 fully saturated rings. The van der Waals surface area contributed by atoms with Gasteiger partial charge in [-0.05, 0) is 31.9 Å². The Bertz CT molecular complexity index is 1030. The molecule has 1 aromatic carbocycles. The maximum Gasteiger partial charge on any atom is 0.319 e. The van der Waals surface area contributed by atoms with Crippen LogP contribution in [0.25, 0.3) is 0 Å². The lowest BCUT2D eigenvalue weighted by molar-refractivity contribution is 0.250. The average molecular weight is 425 g/mol. The fraction of sp³-hybridized carbons (Fsp3) is 0.333. The summed E-state index contributed by atoms with van der Waals surface area (Å²) in [4.78, 5) is 15.8. The number of phenols is 1. The van der Waals surface area contributed by atoms with Crippen LogP contribution < -0.4 is 10.6 Å². The van der Waals surface area contributed by atoms with Gasteiger partial charge in [-0.25, -0.2) is 18.2 Å². The van der Waals surface area contributed by atoms with E-state index in [4.69, 9.17) is 11.6 Å². The first-order valence-electron chi connectivity index (χ1n) is 8.68. The van der Waals surface area contributed by atoms with Crippen molar-refractivity contribution in [2.75, 3.05) is 5.32 Å². The molecule has 1 aliphatic carbocycles. The molecule has 150 valence electrons. The van der Waals surface area contributed by atoms with E-state index in [1.165, 1.54) is 25.3 Å². The van der Waals surface area contributed by atoms with Crippen molar-refractivity contribution >= 4 is 33.2 Å². The lowest BCUT2D eigenvalue weighted by Gasteiger charge is -2.18. The molecule has 28 heavy (non-hydrogen) atoms. The number of benzene rings is 1. The van der Waals surface area contributed by atoms with Gasteiger partial charge < -0.3 is 20.3 Å². The number of phenolic OH excluding ortho intramolecular Hbond substituents is 1. The van der Waals surface area contributed by atoms with Crippen molar-refractivity contribution in [3.63, 3.8) is 0 Å². The molecule has 0 bridgehead atoms. The molecule has 1 aromatic heterocycles. The summed E-state index contributed by atoms with van der Waals surface area (Å²) < 4.78 is 27.8. The number of nitrogens with zero attached hydrogens (tertiary/aromatic N) is 2. The molecule has 2 amide bonds. The Kier molecular flexibility index (Phi) is 5.66. The highest BCUT2D eigenvalue weighted by Gasteiger charge is 2.33. The Balaban J connectivity index is 1.91. The monoisotopic (exact) mass is 424 g/mol. The summed E-state index contributed by atoms with van der Waals surface area (Å²) in [6.45, 7) is 1.46. The summed E-state index contributed by atoms with van der Waals surface area (Å²) in [5.41, 5.74) is -0.0468. The number of aromatic nitrogens is 2. The smallest absolute Gasteiger partial charge is 0.319 e. The quantitative estimate of drug-likeness (QED) is 0.504. The molecule has 0 spiro atoms. The van der Waals surface area contributed by atoms with Crippen LogP contribution in [0.4, 0.5) is 10.5 Å².